The van der Waals surface area contributed by atoms with Gasteiger partial charge in [0.05, 0.1) is 0 Å². The third-order valence-electron chi connectivity index (χ3n) is 2.99. The molecule has 0 saturated heterocycles. The lowest BCUT2D eigenvalue weighted by molar-refractivity contribution is -0.130. The van der Waals surface area contributed by atoms with E-state index in [4.69, 9.17) is 4.42 Å². The van der Waals surface area contributed by atoms with Crippen LogP contribution in [0.4, 0.5) is 0 Å². The normalized spacial score (nSPS) is 10.9. The average Bonchev–Trinajstić information content (AvgIpc) is 2.75. The molecule has 1 aromatic heterocycles. The predicted octanol–water partition coefficient (Wildman–Crippen LogP) is 1.70. The Hall–Kier alpha value is -1.88. The van der Waals surface area contributed by atoms with Gasteiger partial charge in [-0.25, -0.2) is 4.98 Å². The number of amides is 1. The van der Waals surface area contributed by atoms with Gasteiger partial charge in [0.15, 0.2) is 11.5 Å². The van der Waals surface area contributed by atoms with E-state index in [1.54, 1.807) is 4.90 Å². The topological polar surface area (TPSA) is 58.4 Å². The zero-order valence-corrected chi connectivity index (χ0v) is 11.6. The van der Waals surface area contributed by atoms with Crippen LogP contribution in [0.2, 0.25) is 0 Å². The molecule has 0 aliphatic heterocycles. The highest BCUT2D eigenvalue weighted by Gasteiger charge is 2.10. The number of hydrogen-bond donors (Lipinski definition) is 1. The molecule has 0 radical (unpaired) electrons. The quantitative estimate of drug-likeness (QED) is 0.890. The van der Waals surface area contributed by atoms with Gasteiger partial charge in [-0.1, -0.05) is 6.07 Å². The van der Waals surface area contributed by atoms with Crippen LogP contribution in [-0.2, 0) is 11.3 Å². The van der Waals surface area contributed by atoms with Crippen LogP contribution in [0.3, 0.4) is 0 Å². The largest absolute Gasteiger partial charge is 0.441 e. The first kappa shape index (κ1) is 13.5. The zero-order valence-electron chi connectivity index (χ0n) is 11.6. The number of benzene rings is 1. The third-order valence-corrected chi connectivity index (χ3v) is 2.99. The summed E-state index contributed by atoms with van der Waals surface area (Å²) in [5, 5.41) is 2.97. The Morgan fingerprint density at radius 3 is 3.00 bits per heavy atom. The molecule has 0 saturated carbocycles. The van der Waals surface area contributed by atoms with Crippen molar-refractivity contribution in [3.8, 4) is 0 Å². The van der Waals surface area contributed by atoms with Crippen LogP contribution in [0.25, 0.3) is 11.1 Å². The van der Waals surface area contributed by atoms with Gasteiger partial charge >= 0.3 is 0 Å². The molecule has 1 aromatic carbocycles. The molecule has 0 aliphatic rings. The highest BCUT2D eigenvalue weighted by molar-refractivity contribution is 5.77. The van der Waals surface area contributed by atoms with Gasteiger partial charge in [-0.2, -0.15) is 0 Å². The standard InChI is InChI=1S/C14H19N3O2/c1-10-16-12-5-4-11(8-13(12)19-10)9-17(3)14(18)6-7-15-2/h4-5,8,15H,6-7,9H2,1-3H3. The second-order valence-corrected chi connectivity index (χ2v) is 4.64. The fraction of sp³-hybridized carbons (Fsp3) is 0.429. The zero-order chi connectivity index (χ0) is 13.8. The Morgan fingerprint density at radius 2 is 2.26 bits per heavy atom. The van der Waals surface area contributed by atoms with Crippen molar-refractivity contribution in [2.75, 3.05) is 20.6 Å². The molecule has 1 N–H and O–H groups in total. The molecule has 5 nitrogen and oxygen atoms in total. The van der Waals surface area contributed by atoms with Crippen molar-refractivity contribution in [2.24, 2.45) is 0 Å². The number of rotatable bonds is 5. The fourth-order valence-electron chi connectivity index (χ4n) is 1.97. The first-order valence-electron chi connectivity index (χ1n) is 6.35. The lowest BCUT2D eigenvalue weighted by Gasteiger charge is -2.17. The maximum atomic E-state index is 11.8. The Labute approximate surface area is 112 Å². The Kier molecular flexibility index (Phi) is 4.16. The Balaban J connectivity index is 2.05. The number of carbonyl (C=O) groups excluding carboxylic acids is 1. The summed E-state index contributed by atoms with van der Waals surface area (Å²) in [7, 11) is 3.65. The lowest BCUT2D eigenvalue weighted by Crippen LogP contribution is -2.28. The molecule has 1 amide bonds. The number of hydrogen-bond acceptors (Lipinski definition) is 4. The summed E-state index contributed by atoms with van der Waals surface area (Å²) in [5.74, 6) is 0.786. The van der Waals surface area contributed by atoms with Gasteiger partial charge in [0, 0.05) is 33.5 Å². The van der Waals surface area contributed by atoms with Crippen molar-refractivity contribution in [2.45, 2.75) is 19.9 Å². The van der Waals surface area contributed by atoms with Gasteiger partial charge in [-0.05, 0) is 24.7 Å². The van der Waals surface area contributed by atoms with Crippen molar-refractivity contribution in [1.82, 2.24) is 15.2 Å². The van der Waals surface area contributed by atoms with E-state index in [0.29, 0.717) is 25.4 Å². The maximum Gasteiger partial charge on any atom is 0.223 e. The number of aryl methyl sites for hydroxylation is 1. The van der Waals surface area contributed by atoms with E-state index in [2.05, 4.69) is 10.3 Å². The minimum atomic E-state index is 0.128. The summed E-state index contributed by atoms with van der Waals surface area (Å²) in [4.78, 5) is 17.8. The second kappa shape index (κ2) is 5.84. The van der Waals surface area contributed by atoms with Crippen LogP contribution in [0, 0.1) is 6.92 Å². The van der Waals surface area contributed by atoms with Gasteiger partial charge in [-0.15, -0.1) is 0 Å². The van der Waals surface area contributed by atoms with Crippen LogP contribution in [-0.4, -0.2) is 36.4 Å². The first-order valence-corrected chi connectivity index (χ1v) is 6.35. The maximum absolute atomic E-state index is 11.8. The lowest BCUT2D eigenvalue weighted by atomic mass is 10.2. The van der Waals surface area contributed by atoms with E-state index >= 15 is 0 Å². The minimum absolute atomic E-state index is 0.128. The molecule has 5 heteroatoms. The van der Waals surface area contributed by atoms with E-state index in [0.717, 1.165) is 16.7 Å². The van der Waals surface area contributed by atoms with Gasteiger partial charge in [0.1, 0.15) is 5.52 Å². The minimum Gasteiger partial charge on any atom is -0.441 e. The Morgan fingerprint density at radius 1 is 1.47 bits per heavy atom. The van der Waals surface area contributed by atoms with Crippen LogP contribution in [0.5, 0.6) is 0 Å². The number of fused-ring (bicyclic) bond motifs is 1. The summed E-state index contributed by atoms with van der Waals surface area (Å²) in [6, 6.07) is 5.84. The number of carbonyl (C=O) groups is 1. The fourth-order valence-corrected chi connectivity index (χ4v) is 1.97. The monoisotopic (exact) mass is 261 g/mol. The molecule has 19 heavy (non-hydrogen) atoms. The van der Waals surface area contributed by atoms with E-state index in [-0.39, 0.29) is 5.91 Å². The third kappa shape index (κ3) is 3.32. The summed E-state index contributed by atoms with van der Waals surface area (Å²) in [5.41, 5.74) is 2.67. The molecule has 0 aliphatic carbocycles. The van der Waals surface area contributed by atoms with Gasteiger partial charge < -0.3 is 14.6 Å². The molecule has 0 spiro atoms. The molecular formula is C14H19N3O2. The number of nitrogens with zero attached hydrogens (tertiary/aromatic N) is 2. The molecule has 0 atom stereocenters. The Bertz CT molecular complexity index is 577. The average molecular weight is 261 g/mol. The van der Waals surface area contributed by atoms with E-state index < -0.39 is 0 Å². The van der Waals surface area contributed by atoms with Crippen molar-refractivity contribution in [1.29, 1.82) is 0 Å². The van der Waals surface area contributed by atoms with Crippen molar-refractivity contribution < 1.29 is 9.21 Å². The second-order valence-electron chi connectivity index (χ2n) is 4.64. The first-order chi connectivity index (χ1) is 9.10. The molecular weight excluding hydrogens is 242 g/mol. The van der Waals surface area contributed by atoms with Crippen LogP contribution >= 0.6 is 0 Å². The van der Waals surface area contributed by atoms with Gasteiger partial charge in [0.2, 0.25) is 5.91 Å². The SMILES string of the molecule is CNCCC(=O)N(C)Cc1ccc2nc(C)oc2c1. The molecule has 2 rings (SSSR count). The van der Waals surface area contributed by atoms with Crippen molar-refractivity contribution in [3.63, 3.8) is 0 Å². The smallest absolute Gasteiger partial charge is 0.223 e. The van der Waals surface area contributed by atoms with E-state index in [9.17, 15) is 4.79 Å². The molecule has 102 valence electrons. The predicted molar refractivity (Wildman–Crippen MR) is 73.8 cm³/mol. The van der Waals surface area contributed by atoms with Crippen LogP contribution in [0.15, 0.2) is 22.6 Å². The summed E-state index contributed by atoms with van der Waals surface area (Å²) < 4.78 is 5.49. The summed E-state index contributed by atoms with van der Waals surface area (Å²) >= 11 is 0. The summed E-state index contributed by atoms with van der Waals surface area (Å²) in [6.07, 6.45) is 0.511. The highest BCUT2D eigenvalue weighted by atomic mass is 16.3. The summed E-state index contributed by atoms with van der Waals surface area (Å²) in [6.45, 7) is 3.11. The van der Waals surface area contributed by atoms with E-state index in [1.807, 2.05) is 39.2 Å². The molecule has 0 bridgehead atoms. The number of nitrogens with one attached hydrogen (secondary N) is 1. The van der Waals surface area contributed by atoms with Crippen LogP contribution in [0.1, 0.15) is 17.9 Å². The molecule has 0 fully saturated rings. The van der Waals surface area contributed by atoms with Crippen molar-refractivity contribution in [3.05, 3.63) is 29.7 Å². The van der Waals surface area contributed by atoms with Gasteiger partial charge in [-0.3, -0.25) is 4.79 Å². The van der Waals surface area contributed by atoms with E-state index in [1.165, 1.54) is 0 Å². The molecule has 0 unspecified atom stereocenters. The molecule has 1 heterocycles. The highest BCUT2D eigenvalue weighted by Crippen LogP contribution is 2.17. The number of aromatic nitrogens is 1. The van der Waals surface area contributed by atoms with Gasteiger partial charge in [0.25, 0.3) is 0 Å². The molecule has 2 aromatic rings. The van der Waals surface area contributed by atoms with Crippen LogP contribution < -0.4 is 5.32 Å². The number of oxazole rings is 1. The van der Waals surface area contributed by atoms with Crippen molar-refractivity contribution >= 4 is 17.0 Å².